The molecule has 3 unspecified atom stereocenters. The number of aliphatic hydroxyl groups is 3. The average Bonchev–Trinajstić information content (AvgIpc) is 3.20. The molecular weight excluding hydrogens is 691 g/mol. The topological polar surface area (TPSA) is 89.8 Å². The molecule has 0 aromatic heterocycles. The van der Waals surface area contributed by atoms with Crippen LogP contribution >= 0.6 is 0 Å². The fourth-order valence-corrected chi connectivity index (χ4v) is 8.46. The van der Waals surface area contributed by atoms with Crippen molar-refractivity contribution in [3.8, 4) is 0 Å². The molecule has 0 aromatic carbocycles. The fourth-order valence-electron chi connectivity index (χ4n) is 8.46. The first-order chi connectivity index (χ1) is 27.6. The Morgan fingerprint density at radius 2 is 0.607 bits per heavy atom. The minimum atomic E-state index is -1.13. The summed E-state index contributed by atoms with van der Waals surface area (Å²) in [7, 11) is 0. The SMILES string of the molecule is CCCCCCCCCCCCCCCCCCCCCCCCCCCC(=O)NC(CO)C(O)C(O)CCCCCCCCCCCCCCCCCCC. The molecule has 336 valence electrons. The number of nitrogens with one attached hydrogen (secondary N) is 1. The molecule has 3 atom stereocenters. The van der Waals surface area contributed by atoms with Crippen LogP contribution in [0.4, 0.5) is 0 Å². The van der Waals surface area contributed by atoms with Crippen LogP contribution in [-0.2, 0) is 4.79 Å². The van der Waals surface area contributed by atoms with Crippen molar-refractivity contribution in [2.75, 3.05) is 6.61 Å². The van der Waals surface area contributed by atoms with E-state index >= 15 is 0 Å². The molecule has 0 aliphatic rings. The zero-order valence-corrected chi connectivity index (χ0v) is 38.3. The molecule has 0 aliphatic carbocycles. The standard InChI is InChI=1S/C51H103NO4/c1-3-5-7-9-11-13-15-17-19-21-22-23-24-25-26-27-28-30-32-34-36-38-40-42-44-46-50(55)52-48(47-53)51(56)49(54)45-43-41-39-37-35-33-31-29-20-18-16-14-12-10-8-6-4-2/h48-49,51,53-54,56H,3-47H2,1-2H3,(H,52,55). The Labute approximate surface area is 351 Å². The van der Waals surface area contributed by atoms with Crippen LogP contribution in [0, 0.1) is 0 Å². The van der Waals surface area contributed by atoms with Crippen LogP contribution in [0.1, 0.15) is 296 Å². The number of rotatable bonds is 48. The van der Waals surface area contributed by atoms with Crippen molar-refractivity contribution >= 4 is 5.91 Å². The van der Waals surface area contributed by atoms with Crippen molar-refractivity contribution in [1.29, 1.82) is 0 Å². The monoisotopic (exact) mass is 794 g/mol. The van der Waals surface area contributed by atoms with Crippen LogP contribution in [0.25, 0.3) is 0 Å². The normalized spacial score (nSPS) is 13.3. The van der Waals surface area contributed by atoms with Gasteiger partial charge in [0.25, 0.3) is 0 Å². The van der Waals surface area contributed by atoms with Gasteiger partial charge in [-0.3, -0.25) is 4.79 Å². The van der Waals surface area contributed by atoms with Gasteiger partial charge in [-0.15, -0.1) is 0 Å². The van der Waals surface area contributed by atoms with Crippen LogP contribution in [0.5, 0.6) is 0 Å². The zero-order valence-electron chi connectivity index (χ0n) is 38.3. The minimum absolute atomic E-state index is 0.137. The summed E-state index contributed by atoms with van der Waals surface area (Å²) in [4.78, 5) is 12.5. The molecule has 0 radical (unpaired) electrons. The largest absolute Gasteiger partial charge is 0.394 e. The highest BCUT2D eigenvalue weighted by atomic mass is 16.3. The first kappa shape index (κ1) is 55.4. The molecule has 4 N–H and O–H groups in total. The Bertz CT molecular complexity index is 747. The van der Waals surface area contributed by atoms with E-state index < -0.39 is 18.2 Å². The van der Waals surface area contributed by atoms with Gasteiger partial charge in [-0.05, 0) is 12.8 Å². The Morgan fingerprint density at radius 3 is 0.857 bits per heavy atom. The minimum Gasteiger partial charge on any atom is -0.394 e. The van der Waals surface area contributed by atoms with E-state index in [0.717, 1.165) is 32.1 Å². The zero-order chi connectivity index (χ0) is 40.8. The summed E-state index contributed by atoms with van der Waals surface area (Å²) in [5, 5.41) is 33.7. The average molecular weight is 794 g/mol. The Morgan fingerprint density at radius 1 is 0.375 bits per heavy atom. The third kappa shape index (κ3) is 41.5. The second kappa shape index (κ2) is 47.0. The molecule has 0 saturated carbocycles. The van der Waals surface area contributed by atoms with Gasteiger partial charge in [0.15, 0.2) is 0 Å². The summed E-state index contributed by atoms with van der Waals surface area (Å²) >= 11 is 0. The molecule has 56 heavy (non-hydrogen) atoms. The first-order valence-electron chi connectivity index (χ1n) is 25.8. The van der Waals surface area contributed by atoms with E-state index in [4.69, 9.17) is 0 Å². The van der Waals surface area contributed by atoms with Crippen molar-refractivity contribution < 1.29 is 20.1 Å². The first-order valence-corrected chi connectivity index (χ1v) is 25.8. The van der Waals surface area contributed by atoms with Gasteiger partial charge in [0.1, 0.15) is 6.10 Å². The number of unbranched alkanes of at least 4 members (excludes halogenated alkanes) is 40. The predicted octanol–water partition coefficient (Wildman–Crippen LogP) is 15.4. The molecule has 5 nitrogen and oxygen atoms in total. The van der Waals surface area contributed by atoms with E-state index in [9.17, 15) is 20.1 Å². The number of hydrogen-bond acceptors (Lipinski definition) is 4. The Kier molecular flexibility index (Phi) is 46.5. The predicted molar refractivity (Wildman–Crippen MR) is 246 cm³/mol. The van der Waals surface area contributed by atoms with Crippen LogP contribution in [0.15, 0.2) is 0 Å². The summed E-state index contributed by atoms with van der Waals surface area (Å²) in [5.74, 6) is -0.137. The van der Waals surface area contributed by atoms with Gasteiger partial charge in [0.2, 0.25) is 5.91 Å². The molecule has 0 fully saturated rings. The highest BCUT2D eigenvalue weighted by Crippen LogP contribution is 2.18. The number of hydrogen-bond donors (Lipinski definition) is 4. The van der Waals surface area contributed by atoms with Crippen molar-refractivity contribution in [3.63, 3.8) is 0 Å². The lowest BCUT2D eigenvalue weighted by atomic mass is 9.99. The molecule has 0 aromatic rings. The summed E-state index contributed by atoms with van der Waals surface area (Å²) in [5.41, 5.74) is 0. The second-order valence-corrected chi connectivity index (χ2v) is 18.1. The summed E-state index contributed by atoms with van der Waals surface area (Å²) < 4.78 is 0. The van der Waals surface area contributed by atoms with Crippen LogP contribution in [-0.4, -0.2) is 46.1 Å². The smallest absolute Gasteiger partial charge is 0.220 e. The molecule has 5 heteroatoms. The van der Waals surface area contributed by atoms with Crippen molar-refractivity contribution in [1.82, 2.24) is 5.32 Å². The lowest BCUT2D eigenvalue weighted by Gasteiger charge is -2.26. The fraction of sp³-hybridized carbons (Fsp3) is 0.980. The molecule has 1 amide bonds. The maximum absolute atomic E-state index is 12.5. The van der Waals surface area contributed by atoms with Gasteiger partial charge < -0.3 is 20.6 Å². The molecule has 0 aliphatic heterocycles. The lowest BCUT2D eigenvalue weighted by Crippen LogP contribution is -2.50. The summed E-state index contributed by atoms with van der Waals surface area (Å²) in [6.45, 7) is 4.22. The summed E-state index contributed by atoms with van der Waals surface area (Å²) in [6.07, 6.45) is 55.2. The van der Waals surface area contributed by atoms with Gasteiger partial charge in [-0.2, -0.15) is 0 Å². The van der Waals surface area contributed by atoms with Crippen molar-refractivity contribution in [3.05, 3.63) is 0 Å². The third-order valence-electron chi connectivity index (χ3n) is 12.5. The second-order valence-electron chi connectivity index (χ2n) is 18.1. The molecule has 0 rings (SSSR count). The van der Waals surface area contributed by atoms with E-state index in [2.05, 4.69) is 19.2 Å². The Balaban J connectivity index is 3.51. The van der Waals surface area contributed by atoms with Crippen LogP contribution < -0.4 is 5.32 Å². The summed E-state index contributed by atoms with van der Waals surface area (Å²) in [6, 6.07) is -0.803. The molecule has 0 saturated heterocycles. The maximum atomic E-state index is 12.5. The number of carbonyl (C=O) groups excluding carboxylic acids is 1. The Hall–Kier alpha value is -0.650. The highest BCUT2D eigenvalue weighted by molar-refractivity contribution is 5.76. The van der Waals surface area contributed by atoms with E-state index in [1.807, 2.05) is 0 Å². The number of amides is 1. The quantitative estimate of drug-likeness (QED) is 0.0462. The highest BCUT2D eigenvalue weighted by Gasteiger charge is 2.26. The van der Waals surface area contributed by atoms with E-state index in [1.54, 1.807) is 0 Å². The maximum Gasteiger partial charge on any atom is 0.220 e. The lowest BCUT2D eigenvalue weighted by molar-refractivity contribution is -0.124. The van der Waals surface area contributed by atoms with Crippen molar-refractivity contribution in [2.45, 2.75) is 315 Å². The van der Waals surface area contributed by atoms with Crippen molar-refractivity contribution in [2.24, 2.45) is 0 Å². The van der Waals surface area contributed by atoms with Gasteiger partial charge in [0.05, 0.1) is 18.8 Å². The van der Waals surface area contributed by atoms with E-state index in [-0.39, 0.29) is 12.5 Å². The third-order valence-corrected chi connectivity index (χ3v) is 12.5. The van der Waals surface area contributed by atoms with E-state index in [0.29, 0.717) is 12.8 Å². The number of aliphatic hydroxyl groups excluding tert-OH is 3. The van der Waals surface area contributed by atoms with Gasteiger partial charge >= 0.3 is 0 Å². The van der Waals surface area contributed by atoms with Gasteiger partial charge in [0, 0.05) is 6.42 Å². The van der Waals surface area contributed by atoms with E-state index in [1.165, 1.54) is 238 Å². The number of carbonyl (C=O) groups is 1. The molecule has 0 spiro atoms. The van der Waals surface area contributed by atoms with Crippen LogP contribution in [0.3, 0.4) is 0 Å². The molecule has 0 bridgehead atoms. The van der Waals surface area contributed by atoms with Crippen LogP contribution in [0.2, 0.25) is 0 Å². The van der Waals surface area contributed by atoms with Gasteiger partial charge in [-0.1, -0.05) is 277 Å². The van der Waals surface area contributed by atoms with Gasteiger partial charge in [-0.25, -0.2) is 0 Å². The molecule has 0 heterocycles. The molecular formula is C51H103NO4.